The summed E-state index contributed by atoms with van der Waals surface area (Å²) in [6.45, 7) is 1.99. The molecular weight excluding hydrogens is 340 g/mol. The van der Waals surface area contributed by atoms with E-state index in [4.69, 9.17) is 4.74 Å². The Balaban J connectivity index is 2.00. The topological polar surface area (TPSA) is 79.2 Å². The van der Waals surface area contributed by atoms with Crippen LogP contribution in [0.4, 0.5) is 0 Å². The molecule has 0 bridgehead atoms. The summed E-state index contributed by atoms with van der Waals surface area (Å²) in [6, 6.07) is 12.2. The maximum absolute atomic E-state index is 12.2. The van der Waals surface area contributed by atoms with Crippen LogP contribution in [0.3, 0.4) is 0 Å². The first-order valence-electron chi connectivity index (χ1n) is 7.80. The van der Waals surface area contributed by atoms with Crippen LogP contribution in [0.15, 0.2) is 47.6 Å². The molecule has 0 saturated heterocycles. The van der Waals surface area contributed by atoms with Gasteiger partial charge in [0.25, 0.3) is 0 Å². The standard InChI is InChI=1S/C18H20N2O4S/c1-12-4-6-13(7-5-12)15-11-16(20(19-15)25(3,22)23)14-8-9-18(24-2)17(21)10-14/h4-10,16,21H,11H2,1-3H3/t16-/m1/s1. The van der Waals surface area contributed by atoms with Crippen LogP contribution in [0.1, 0.15) is 29.2 Å². The minimum Gasteiger partial charge on any atom is -0.504 e. The molecule has 7 heteroatoms. The molecule has 0 unspecified atom stereocenters. The number of nitrogens with zero attached hydrogens (tertiary/aromatic N) is 2. The monoisotopic (exact) mass is 360 g/mol. The second-order valence-corrected chi connectivity index (χ2v) is 7.94. The normalized spacial score (nSPS) is 17.5. The Labute approximate surface area is 147 Å². The van der Waals surface area contributed by atoms with E-state index in [1.807, 2.05) is 31.2 Å². The molecule has 0 aliphatic carbocycles. The minimum atomic E-state index is -3.54. The van der Waals surface area contributed by atoms with Gasteiger partial charge >= 0.3 is 0 Å². The van der Waals surface area contributed by atoms with Crippen LogP contribution in [0.5, 0.6) is 11.5 Å². The van der Waals surface area contributed by atoms with Gasteiger partial charge in [0, 0.05) is 6.42 Å². The third kappa shape index (κ3) is 3.46. The number of phenols is 1. The number of ether oxygens (including phenoxy) is 1. The van der Waals surface area contributed by atoms with Crippen molar-refractivity contribution >= 4 is 15.7 Å². The van der Waals surface area contributed by atoms with E-state index in [2.05, 4.69) is 5.10 Å². The molecule has 1 aliphatic heterocycles. The van der Waals surface area contributed by atoms with E-state index in [0.717, 1.165) is 21.8 Å². The van der Waals surface area contributed by atoms with Crippen molar-refractivity contribution in [2.24, 2.45) is 5.10 Å². The van der Waals surface area contributed by atoms with Crippen LogP contribution in [-0.4, -0.2) is 37.0 Å². The van der Waals surface area contributed by atoms with Crippen LogP contribution in [0.25, 0.3) is 0 Å². The largest absolute Gasteiger partial charge is 0.504 e. The summed E-state index contributed by atoms with van der Waals surface area (Å²) in [6.07, 6.45) is 1.56. The third-order valence-corrected chi connectivity index (χ3v) is 5.20. The Hall–Kier alpha value is -2.54. The summed E-state index contributed by atoms with van der Waals surface area (Å²) in [5.41, 5.74) is 3.37. The van der Waals surface area contributed by atoms with Crippen molar-refractivity contribution in [3.63, 3.8) is 0 Å². The first kappa shape index (κ1) is 17.3. The van der Waals surface area contributed by atoms with Gasteiger partial charge in [-0.1, -0.05) is 35.9 Å². The zero-order valence-corrected chi connectivity index (χ0v) is 15.1. The molecule has 1 N–H and O–H groups in total. The first-order chi connectivity index (χ1) is 11.8. The molecule has 0 amide bonds. The number of methoxy groups -OCH3 is 1. The number of aryl methyl sites for hydroxylation is 1. The van der Waals surface area contributed by atoms with Gasteiger partial charge in [0.2, 0.25) is 10.0 Å². The van der Waals surface area contributed by atoms with Crippen molar-refractivity contribution in [3.8, 4) is 11.5 Å². The second-order valence-electron chi connectivity index (χ2n) is 6.10. The molecule has 1 heterocycles. The van der Waals surface area contributed by atoms with Crippen LogP contribution in [-0.2, 0) is 10.0 Å². The number of hydrogen-bond acceptors (Lipinski definition) is 5. The summed E-state index contributed by atoms with van der Waals surface area (Å²) in [5.74, 6) is 0.310. The highest BCUT2D eigenvalue weighted by atomic mass is 32.2. The van der Waals surface area contributed by atoms with Crippen molar-refractivity contribution in [2.75, 3.05) is 13.4 Å². The highest BCUT2D eigenvalue weighted by Gasteiger charge is 2.34. The summed E-state index contributed by atoms with van der Waals surface area (Å²) < 4.78 is 30.5. The SMILES string of the molecule is COc1ccc([C@H]2CC(c3ccc(C)cc3)=NN2S(C)(=O)=O)cc1O. The third-order valence-electron chi connectivity index (χ3n) is 4.18. The lowest BCUT2D eigenvalue weighted by Gasteiger charge is -2.21. The Morgan fingerprint density at radius 3 is 2.44 bits per heavy atom. The van der Waals surface area contributed by atoms with E-state index in [0.29, 0.717) is 23.4 Å². The lowest BCUT2D eigenvalue weighted by Crippen LogP contribution is -2.25. The molecular formula is C18H20N2O4S. The van der Waals surface area contributed by atoms with E-state index >= 15 is 0 Å². The number of hydrazone groups is 1. The molecule has 0 aromatic heterocycles. The Bertz CT molecular complexity index is 921. The van der Waals surface area contributed by atoms with Crippen molar-refractivity contribution in [3.05, 3.63) is 59.2 Å². The average Bonchev–Trinajstić information content (AvgIpc) is 3.01. The predicted octanol–water partition coefficient (Wildman–Crippen LogP) is 2.82. The maximum atomic E-state index is 12.2. The number of phenolic OH excluding ortho intramolecular Hbond substituents is 1. The fraction of sp³-hybridized carbons (Fsp3) is 0.278. The van der Waals surface area contributed by atoms with Crippen LogP contribution in [0.2, 0.25) is 0 Å². The maximum Gasteiger partial charge on any atom is 0.247 e. The number of aromatic hydroxyl groups is 1. The number of sulfonamides is 1. The molecule has 25 heavy (non-hydrogen) atoms. The predicted molar refractivity (Wildman–Crippen MR) is 96.4 cm³/mol. The molecule has 132 valence electrons. The van der Waals surface area contributed by atoms with Crippen LogP contribution >= 0.6 is 0 Å². The highest BCUT2D eigenvalue weighted by molar-refractivity contribution is 7.88. The first-order valence-corrected chi connectivity index (χ1v) is 9.65. The van der Waals surface area contributed by atoms with Crippen LogP contribution < -0.4 is 4.74 Å². The van der Waals surface area contributed by atoms with Crippen molar-refractivity contribution < 1.29 is 18.3 Å². The smallest absolute Gasteiger partial charge is 0.247 e. The molecule has 0 spiro atoms. The van der Waals surface area contributed by atoms with Gasteiger partial charge < -0.3 is 9.84 Å². The highest BCUT2D eigenvalue weighted by Crippen LogP contribution is 2.38. The van der Waals surface area contributed by atoms with Crippen LogP contribution in [0, 0.1) is 6.92 Å². The van der Waals surface area contributed by atoms with E-state index in [1.54, 1.807) is 12.1 Å². The fourth-order valence-electron chi connectivity index (χ4n) is 2.88. The molecule has 0 fully saturated rings. The molecule has 1 atom stereocenters. The van der Waals surface area contributed by atoms with Gasteiger partial charge in [0.1, 0.15) is 0 Å². The molecule has 0 radical (unpaired) electrons. The summed E-state index contributed by atoms with van der Waals surface area (Å²) in [4.78, 5) is 0. The fourth-order valence-corrected chi connectivity index (χ4v) is 3.78. The van der Waals surface area contributed by atoms with E-state index in [1.165, 1.54) is 13.2 Å². The molecule has 6 nitrogen and oxygen atoms in total. The lowest BCUT2D eigenvalue weighted by atomic mass is 9.98. The molecule has 2 aromatic carbocycles. The van der Waals surface area contributed by atoms with Gasteiger partial charge in [-0.05, 0) is 30.2 Å². The molecule has 2 aromatic rings. The van der Waals surface area contributed by atoms with Gasteiger partial charge in [-0.15, -0.1) is 0 Å². The van der Waals surface area contributed by atoms with Crippen molar-refractivity contribution in [1.29, 1.82) is 0 Å². The van der Waals surface area contributed by atoms with E-state index < -0.39 is 16.1 Å². The van der Waals surface area contributed by atoms with E-state index in [-0.39, 0.29) is 5.75 Å². The molecule has 0 saturated carbocycles. The van der Waals surface area contributed by atoms with Gasteiger partial charge in [-0.2, -0.15) is 9.52 Å². The van der Waals surface area contributed by atoms with Gasteiger partial charge in [-0.25, -0.2) is 8.42 Å². The number of rotatable bonds is 4. The molecule has 3 rings (SSSR count). The van der Waals surface area contributed by atoms with E-state index in [9.17, 15) is 13.5 Å². The summed E-state index contributed by atoms with van der Waals surface area (Å²) >= 11 is 0. The number of benzene rings is 2. The zero-order chi connectivity index (χ0) is 18.2. The van der Waals surface area contributed by atoms with Gasteiger partial charge in [0.15, 0.2) is 11.5 Å². The molecule has 1 aliphatic rings. The summed E-state index contributed by atoms with van der Waals surface area (Å²) in [7, 11) is -2.08. The average molecular weight is 360 g/mol. The van der Waals surface area contributed by atoms with Crippen molar-refractivity contribution in [1.82, 2.24) is 4.41 Å². The van der Waals surface area contributed by atoms with Gasteiger partial charge in [0.05, 0.1) is 25.1 Å². The van der Waals surface area contributed by atoms with Crippen molar-refractivity contribution in [2.45, 2.75) is 19.4 Å². The summed E-state index contributed by atoms with van der Waals surface area (Å²) in [5, 5.41) is 14.4. The lowest BCUT2D eigenvalue weighted by molar-refractivity contribution is 0.362. The quantitative estimate of drug-likeness (QED) is 0.909. The van der Waals surface area contributed by atoms with Gasteiger partial charge in [-0.3, -0.25) is 0 Å². The minimum absolute atomic E-state index is 0.0303. The zero-order valence-electron chi connectivity index (χ0n) is 14.3. The number of hydrogen-bond donors (Lipinski definition) is 1. The second kappa shape index (κ2) is 6.40. The Morgan fingerprint density at radius 2 is 1.88 bits per heavy atom. The Morgan fingerprint density at radius 1 is 1.20 bits per heavy atom. The Kier molecular flexibility index (Phi) is 4.43.